The van der Waals surface area contributed by atoms with E-state index >= 15 is 8.78 Å². The van der Waals surface area contributed by atoms with Crippen LogP contribution in [0.2, 0.25) is 0 Å². The number of hydrogen-bond donors (Lipinski definition) is 2. The van der Waals surface area contributed by atoms with Gasteiger partial charge in [-0.05, 0) is 37.2 Å². The van der Waals surface area contributed by atoms with Gasteiger partial charge >= 0.3 is 0 Å². The summed E-state index contributed by atoms with van der Waals surface area (Å²) in [6.45, 7) is 2.13. The number of amides is 1. The third kappa shape index (κ3) is 5.60. The monoisotopic (exact) mass is 523 g/mol. The van der Waals surface area contributed by atoms with Crippen LogP contribution in [0.1, 0.15) is 67.8 Å². The van der Waals surface area contributed by atoms with Crippen LogP contribution >= 0.6 is 0 Å². The molecular formula is C26H33F4N5O2. The summed E-state index contributed by atoms with van der Waals surface area (Å²) in [5.74, 6) is -4.55. The summed E-state index contributed by atoms with van der Waals surface area (Å²) in [5.41, 5.74) is -0.789. The molecule has 1 amide bonds. The van der Waals surface area contributed by atoms with E-state index in [1.165, 1.54) is 25.1 Å². The lowest BCUT2D eigenvalue weighted by atomic mass is 9.62. The average molecular weight is 524 g/mol. The fourth-order valence-corrected chi connectivity index (χ4v) is 5.37. The first kappa shape index (κ1) is 26.9. The minimum absolute atomic E-state index is 0.0329. The average Bonchev–Trinajstić information content (AvgIpc) is 3.28. The van der Waals surface area contributed by atoms with Crippen LogP contribution in [0.4, 0.5) is 35.0 Å². The number of carbonyl (C=O) groups excluding carboxylic acids is 1. The highest BCUT2D eigenvalue weighted by Crippen LogP contribution is 2.54. The number of likely N-dealkylation sites (tertiary alicyclic amines) is 1. The molecule has 1 saturated carbocycles. The molecule has 1 aliphatic carbocycles. The molecule has 1 aromatic carbocycles. The molecule has 0 spiro atoms. The van der Waals surface area contributed by atoms with E-state index in [0.29, 0.717) is 0 Å². The Hall–Kier alpha value is -3.11. The molecule has 202 valence electrons. The number of aromatic nitrogens is 2. The SMILES string of the molecule is CCCC1(CC(F)(F)c2cnc(Nc3cc(F)c(C(=O)N4CCC(F)C4)cc3OC)nc2NC)CCC1. The molecule has 4 rings (SSSR count). The summed E-state index contributed by atoms with van der Waals surface area (Å²) in [6, 6.07) is 2.27. The predicted octanol–water partition coefficient (Wildman–Crippen LogP) is 6.05. The van der Waals surface area contributed by atoms with E-state index in [1.807, 2.05) is 6.92 Å². The largest absolute Gasteiger partial charge is 0.495 e. The Labute approximate surface area is 214 Å². The van der Waals surface area contributed by atoms with Gasteiger partial charge in [0.25, 0.3) is 11.8 Å². The van der Waals surface area contributed by atoms with E-state index in [-0.39, 0.29) is 65.7 Å². The molecule has 0 radical (unpaired) electrons. The zero-order chi connectivity index (χ0) is 26.8. The summed E-state index contributed by atoms with van der Waals surface area (Å²) in [5, 5.41) is 5.52. The molecule has 1 aromatic heterocycles. The smallest absolute Gasteiger partial charge is 0.278 e. The third-order valence-corrected chi connectivity index (χ3v) is 7.40. The second kappa shape index (κ2) is 10.7. The van der Waals surface area contributed by atoms with Crippen LogP contribution in [0.25, 0.3) is 0 Å². The zero-order valence-corrected chi connectivity index (χ0v) is 21.3. The maximum Gasteiger partial charge on any atom is 0.278 e. The van der Waals surface area contributed by atoms with E-state index in [0.717, 1.165) is 44.4 Å². The molecule has 2 aromatic rings. The summed E-state index contributed by atoms with van der Waals surface area (Å²) in [4.78, 5) is 22.2. The van der Waals surface area contributed by atoms with Crippen molar-refractivity contribution in [2.45, 2.75) is 64.0 Å². The fourth-order valence-electron chi connectivity index (χ4n) is 5.37. The van der Waals surface area contributed by atoms with Crippen LogP contribution in [0.15, 0.2) is 18.3 Å². The van der Waals surface area contributed by atoms with Crippen molar-refractivity contribution in [1.82, 2.24) is 14.9 Å². The number of anilines is 3. The first-order valence-corrected chi connectivity index (χ1v) is 12.6. The summed E-state index contributed by atoms with van der Waals surface area (Å²) in [6.07, 6.45) is 4.07. The van der Waals surface area contributed by atoms with Crippen molar-refractivity contribution < 1.29 is 27.1 Å². The van der Waals surface area contributed by atoms with Crippen molar-refractivity contribution >= 4 is 23.4 Å². The van der Waals surface area contributed by atoms with Crippen LogP contribution in [0.5, 0.6) is 5.75 Å². The Morgan fingerprint density at radius 1 is 1.32 bits per heavy atom. The first-order valence-electron chi connectivity index (χ1n) is 12.6. The van der Waals surface area contributed by atoms with Gasteiger partial charge in [-0.3, -0.25) is 4.79 Å². The van der Waals surface area contributed by atoms with Gasteiger partial charge < -0.3 is 20.3 Å². The molecule has 11 heteroatoms. The van der Waals surface area contributed by atoms with E-state index in [1.54, 1.807) is 0 Å². The maximum absolute atomic E-state index is 15.4. The van der Waals surface area contributed by atoms with Gasteiger partial charge in [-0.2, -0.15) is 4.98 Å². The number of benzene rings is 1. The molecule has 1 unspecified atom stereocenters. The molecule has 2 aliphatic rings. The highest BCUT2D eigenvalue weighted by molar-refractivity contribution is 5.96. The summed E-state index contributed by atoms with van der Waals surface area (Å²) in [7, 11) is 2.84. The number of methoxy groups -OCH3 is 1. The zero-order valence-electron chi connectivity index (χ0n) is 21.3. The van der Waals surface area contributed by atoms with E-state index in [2.05, 4.69) is 20.6 Å². The van der Waals surface area contributed by atoms with Gasteiger partial charge in [-0.25, -0.2) is 22.5 Å². The topological polar surface area (TPSA) is 79.4 Å². The number of rotatable bonds is 10. The number of nitrogens with one attached hydrogen (secondary N) is 2. The Balaban J connectivity index is 1.56. The fraction of sp³-hybridized carbons (Fsp3) is 0.577. The third-order valence-electron chi connectivity index (χ3n) is 7.40. The normalized spacial score (nSPS) is 18.9. The van der Waals surface area contributed by atoms with Crippen molar-refractivity contribution in [2.24, 2.45) is 5.41 Å². The maximum atomic E-state index is 15.4. The van der Waals surface area contributed by atoms with Crippen molar-refractivity contribution in [2.75, 3.05) is 37.9 Å². The lowest BCUT2D eigenvalue weighted by Crippen LogP contribution is -2.35. The standard InChI is InChI=1S/C26H33F4N5O2/c1-4-7-25(8-5-9-25)15-26(29,30)18-13-32-24(34-22(18)31-2)33-20-12-19(28)17(11-21(20)37-3)23(36)35-10-6-16(27)14-35/h11-13,16H,4-10,14-15H2,1-3H3,(H2,31,32,33,34). The number of hydrogen-bond acceptors (Lipinski definition) is 6. The van der Waals surface area contributed by atoms with Crippen LogP contribution < -0.4 is 15.4 Å². The van der Waals surface area contributed by atoms with Crippen LogP contribution in [-0.2, 0) is 5.92 Å². The number of halogens is 4. The highest BCUT2D eigenvalue weighted by atomic mass is 19.3. The van der Waals surface area contributed by atoms with Gasteiger partial charge in [-0.15, -0.1) is 0 Å². The number of nitrogens with zero attached hydrogens (tertiary/aromatic N) is 3. The quantitative estimate of drug-likeness (QED) is 0.370. The highest BCUT2D eigenvalue weighted by Gasteiger charge is 2.47. The van der Waals surface area contributed by atoms with Gasteiger partial charge in [0.05, 0.1) is 30.5 Å². The molecule has 1 atom stereocenters. The molecule has 1 saturated heterocycles. The van der Waals surface area contributed by atoms with Crippen LogP contribution in [-0.4, -0.2) is 54.2 Å². The molecule has 37 heavy (non-hydrogen) atoms. The number of alkyl halides is 3. The second-order valence-electron chi connectivity index (χ2n) is 9.99. The van der Waals surface area contributed by atoms with Gasteiger partial charge in [0.15, 0.2) is 0 Å². The first-order chi connectivity index (χ1) is 17.6. The Kier molecular flexibility index (Phi) is 7.80. The van der Waals surface area contributed by atoms with Crippen LogP contribution in [0, 0.1) is 11.2 Å². The van der Waals surface area contributed by atoms with Crippen molar-refractivity contribution in [3.63, 3.8) is 0 Å². The molecule has 1 aliphatic heterocycles. The van der Waals surface area contributed by atoms with Gasteiger partial charge in [0.2, 0.25) is 5.95 Å². The van der Waals surface area contributed by atoms with Crippen molar-refractivity contribution in [3.8, 4) is 5.75 Å². The Morgan fingerprint density at radius 2 is 2.08 bits per heavy atom. The minimum atomic E-state index is -3.12. The predicted molar refractivity (Wildman–Crippen MR) is 133 cm³/mol. The van der Waals surface area contributed by atoms with Crippen molar-refractivity contribution in [3.05, 3.63) is 35.3 Å². The molecule has 0 bridgehead atoms. The van der Waals surface area contributed by atoms with Gasteiger partial charge in [0.1, 0.15) is 23.6 Å². The lowest BCUT2D eigenvalue weighted by molar-refractivity contribution is -0.0787. The summed E-state index contributed by atoms with van der Waals surface area (Å²) >= 11 is 0. The molecule has 2 heterocycles. The van der Waals surface area contributed by atoms with E-state index in [9.17, 15) is 13.6 Å². The van der Waals surface area contributed by atoms with Gasteiger partial charge in [0, 0.05) is 32.3 Å². The van der Waals surface area contributed by atoms with E-state index < -0.39 is 23.8 Å². The molecule has 7 nitrogen and oxygen atoms in total. The molecule has 2 N–H and O–H groups in total. The number of carbonyl (C=O) groups is 1. The molecular weight excluding hydrogens is 490 g/mol. The van der Waals surface area contributed by atoms with Crippen LogP contribution in [0.3, 0.4) is 0 Å². The Bertz CT molecular complexity index is 1140. The molecule has 2 fully saturated rings. The summed E-state index contributed by atoms with van der Waals surface area (Å²) < 4.78 is 64.5. The number of ether oxygens (including phenoxy) is 1. The van der Waals surface area contributed by atoms with Crippen molar-refractivity contribution in [1.29, 1.82) is 0 Å². The minimum Gasteiger partial charge on any atom is -0.495 e. The van der Waals surface area contributed by atoms with E-state index in [4.69, 9.17) is 4.74 Å². The second-order valence-corrected chi connectivity index (χ2v) is 9.99. The Morgan fingerprint density at radius 3 is 2.65 bits per heavy atom. The lowest BCUT2D eigenvalue weighted by Gasteiger charge is -2.44. The van der Waals surface area contributed by atoms with Gasteiger partial charge in [-0.1, -0.05) is 19.8 Å².